The van der Waals surface area contributed by atoms with E-state index in [1.165, 1.54) is 0 Å². The Kier molecular flexibility index (Phi) is 4.49. The van der Waals surface area contributed by atoms with Crippen molar-refractivity contribution in [3.63, 3.8) is 0 Å². The number of imide groups is 1. The van der Waals surface area contributed by atoms with Gasteiger partial charge in [0.05, 0.1) is 12.1 Å². The molecular formula is C16H20N2O4. The summed E-state index contributed by atoms with van der Waals surface area (Å²) in [5.41, 5.74) is -0.0729. The zero-order chi connectivity index (χ0) is 16.3. The van der Waals surface area contributed by atoms with E-state index < -0.39 is 23.6 Å². The van der Waals surface area contributed by atoms with Crippen molar-refractivity contribution >= 4 is 23.6 Å². The van der Waals surface area contributed by atoms with Crippen molar-refractivity contribution in [3.05, 3.63) is 30.3 Å². The predicted octanol–water partition coefficient (Wildman–Crippen LogP) is 2.23. The van der Waals surface area contributed by atoms with Gasteiger partial charge >= 0.3 is 12.0 Å². The molecule has 2 rings (SSSR count). The molecule has 1 saturated heterocycles. The number of nitrogens with one attached hydrogen (secondary N) is 1. The Hall–Kier alpha value is -2.37. The van der Waals surface area contributed by atoms with Crippen LogP contribution in [0.1, 0.15) is 33.6 Å². The molecule has 6 heteroatoms. The van der Waals surface area contributed by atoms with E-state index in [4.69, 9.17) is 4.74 Å². The average molecular weight is 304 g/mol. The largest absolute Gasteiger partial charge is 0.460 e. The van der Waals surface area contributed by atoms with Gasteiger partial charge in [0.1, 0.15) is 5.60 Å². The van der Waals surface area contributed by atoms with Crippen LogP contribution in [0.4, 0.5) is 10.5 Å². The van der Waals surface area contributed by atoms with Gasteiger partial charge in [0.2, 0.25) is 5.91 Å². The van der Waals surface area contributed by atoms with E-state index in [0.29, 0.717) is 5.69 Å². The standard InChI is InChI=1S/C16H20N2O4/c1-16(2,3)22-14(20)10-11-9-13(19)18(15(21)17-11)12-7-5-4-6-8-12/h4-8,11H,9-10H2,1-3H3,(H,17,21)/t11-/m1/s1. The van der Waals surface area contributed by atoms with Crippen molar-refractivity contribution < 1.29 is 19.1 Å². The fourth-order valence-corrected chi connectivity index (χ4v) is 2.25. The van der Waals surface area contributed by atoms with Gasteiger partial charge in [-0.25, -0.2) is 9.69 Å². The summed E-state index contributed by atoms with van der Waals surface area (Å²) in [5, 5.41) is 2.68. The lowest BCUT2D eigenvalue weighted by Gasteiger charge is -2.31. The predicted molar refractivity (Wildman–Crippen MR) is 81.3 cm³/mol. The summed E-state index contributed by atoms with van der Waals surface area (Å²) in [6.07, 6.45) is 0.0528. The first kappa shape index (κ1) is 16.0. The number of hydrogen-bond acceptors (Lipinski definition) is 4. The van der Waals surface area contributed by atoms with Gasteiger partial charge < -0.3 is 10.1 Å². The normalized spacial score (nSPS) is 18.9. The lowest BCUT2D eigenvalue weighted by atomic mass is 10.1. The summed E-state index contributed by atoms with van der Waals surface area (Å²) in [7, 11) is 0. The van der Waals surface area contributed by atoms with Crippen LogP contribution < -0.4 is 10.2 Å². The number of nitrogens with zero attached hydrogens (tertiary/aromatic N) is 1. The molecule has 1 atom stereocenters. The second-order valence-electron chi connectivity index (χ2n) is 6.21. The molecule has 0 aromatic heterocycles. The third-order valence-corrected chi connectivity index (χ3v) is 3.05. The molecule has 0 unspecified atom stereocenters. The SMILES string of the molecule is CC(C)(C)OC(=O)C[C@H]1CC(=O)N(c2ccccc2)C(=O)N1. The molecule has 118 valence electrons. The highest BCUT2D eigenvalue weighted by molar-refractivity contribution is 6.16. The van der Waals surface area contributed by atoms with Gasteiger partial charge in [-0.1, -0.05) is 18.2 Å². The smallest absolute Gasteiger partial charge is 0.328 e. The summed E-state index contributed by atoms with van der Waals surface area (Å²) in [4.78, 5) is 37.2. The van der Waals surface area contributed by atoms with E-state index in [1.54, 1.807) is 51.1 Å². The fourth-order valence-electron chi connectivity index (χ4n) is 2.25. The van der Waals surface area contributed by atoms with Gasteiger partial charge in [-0.15, -0.1) is 0 Å². The lowest BCUT2D eigenvalue weighted by molar-refractivity contribution is -0.155. The first-order chi connectivity index (χ1) is 10.3. The van der Waals surface area contributed by atoms with Crippen LogP contribution in [0.25, 0.3) is 0 Å². The summed E-state index contributed by atoms with van der Waals surface area (Å²) in [6, 6.07) is 7.63. The third-order valence-electron chi connectivity index (χ3n) is 3.05. The van der Waals surface area contributed by atoms with Crippen molar-refractivity contribution in [2.24, 2.45) is 0 Å². The van der Waals surface area contributed by atoms with Crippen molar-refractivity contribution in [1.29, 1.82) is 0 Å². The van der Waals surface area contributed by atoms with E-state index in [2.05, 4.69) is 5.32 Å². The molecule has 1 fully saturated rings. The van der Waals surface area contributed by atoms with Crippen LogP contribution >= 0.6 is 0 Å². The van der Waals surface area contributed by atoms with E-state index in [0.717, 1.165) is 4.90 Å². The minimum Gasteiger partial charge on any atom is -0.460 e. The second-order valence-corrected chi connectivity index (χ2v) is 6.21. The van der Waals surface area contributed by atoms with Gasteiger partial charge in [-0.2, -0.15) is 0 Å². The Labute approximate surface area is 129 Å². The topological polar surface area (TPSA) is 75.7 Å². The Morgan fingerprint density at radius 3 is 2.45 bits per heavy atom. The maximum Gasteiger partial charge on any atom is 0.328 e. The van der Waals surface area contributed by atoms with Crippen molar-refractivity contribution in [2.45, 2.75) is 45.3 Å². The maximum atomic E-state index is 12.2. The van der Waals surface area contributed by atoms with Gasteiger partial charge in [-0.05, 0) is 32.9 Å². The number of hydrogen-bond donors (Lipinski definition) is 1. The Morgan fingerprint density at radius 1 is 1.27 bits per heavy atom. The lowest BCUT2D eigenvalue weighted by Crippen LogP contribution is -2.55. The Bertz CT molecular complexity index is 560. The van der Waals surface area contributed by atoms with Crippen LogP contribution in [0, 0.1) is 0 Å². The molecule has 0 radical (unpaired) electrons. The quantitative estimate of drug-likeness (QED) is 0.869. The van der Waals surface area contributed by atoms with Gasteiger partial charge in [0.15, 0.2) is 0 Å². The Balaban J connectivity index is 2.00. The minimum absolute atomic E-state index is 0.0165. The molecule has 1 aliphatic rings. The number of amides is 3. The summed E-state index contributed by atoms with van der Waals surface area (Å²) < 4.78 is 5.21. The molecule has 1 heterocycles. The molecule has 6 nitrogen and oxygen atoms in total. The molecule has 1 aliphatic heterocycles. The van der Waals surface area contributed by atoms with Crippen molar-refractivity contribution in [3.8, 4) is 0 Å². The fraction of sp³-hybridized carbons (Fsp3) is 0.438. The van der Waals surface area contributed by atoms with Crippen LogP contribution in [0.5, 0.6) is 0 Å². The molecule has 3 amide bonds. The van der Waals surface area contributed by atoms with E-state index in [-0.39, 0.29) is 18.7 Å². The molecule has 22 heavy (non-hydrogen) atoms. The van der Waals surface area contributed by atoms with Crippen molar-refractivity contribution in [1.82, 2.24) is 5.32 Å². The molecule has 1 aromatic rings. The molecule has 0 bridgehead atoms. The summed E-state index contributed by atoms with van der Waals surface area (Å²) in [5.74, 6) is -0.762. The van der Waals surface area contributed by atoms with Crippen LogP contribution in [0.2, 0.25) is 0 Å². The molecular weight excluding hydrogens is 284 g/mol. The van der Waals surface area contributed by atoms with E-state index in [1.807, 2.05) is 0 Å². The third kappa shape index (κ3) is 4.07. The molecule has 0 spiro atoms. The van der Waals surface area contributed by atoms with E-state index >= 15 is 0 Å². The van der Waals surface area contributed by atoms with Crippen molar-refractivity contribution in [2.75, 3.05) is 4.90 Å². The number of ether oxygens (including phenoxy) is 1. The molecule has 0 saturated carbocycles. The molecule has 1 N–H and O–H groups in total. The minimum atomic E-state index is -0.587. The zero-order valence-corrected chi connectivity index (χ0v) is 13.0. The average Bonchev–Trinajstić information content (AvgIpc) is 2.36. The molecule has 1 aromatic carbocycles. The van der Waals surface area contributed by atoms with Crippen LogP contribution in [-0.2, 0) is 14.3 Å². The number of carbonyl (C=O) groups is 3. The number of carbonyl (C=O) groups excluding carboxylic acids is 3. The number of urea groups is 1. The van der Waals surface area contributed by atoms with Gasteiger partial charge in [-0.3, -0.25) is 9.59 Å². The molecule has 0 aliphatic carbocycles. The highest BCUT2D eigenvalue weighted by atomic mass is 16.6. The first-order valence-electron chi connectivity index (χ1n) is 7.16. The number of esters is 1. The van der Waals surface area contributed by atoms with Crippen LogP contribution in [0.3, 0.4) is 0 Å². The van der Waals surface area contributed by atoms with Crippen LogP contribution in [0.15, 0.2) is 30.3 Å². The number of rotatable bonds is 3. The Morgan fingerprint density at radius 2 is 1.91 bits per heavy atom. The number of para-hydroxylation sites is 1. The maximum absolute atomic E-state index is 12.2. The highest BCUT2D eigenvalue weighted by Gasteiger charge is 2.34. The van der Waals surface area contributed by atoms with Crippen LogP contribution in [-0.4, -0.2) is 29.6 Å². The number of benzene rings is 1. The van der Waals surface area contributed by atoms with Gasteiger partial charge in [0.25, 0.3) is 0 Å². The summed E-state index contributed by atoms with van der Waals surface area (Å²) in [6.45, 7) is 5.31. The highest BCUT2D eigenvalue weighted by Crippen LogP contribution is 2.20. The van der Waals surface area contributed by atoms with E-state index in [9.17, 15) is 14.4 Å². The second kappa shape index (κ2) is 6.17. The summed E-state index contributed by atoms with van der Waals surface area (Å²) >= 11 is 0. The van der Waals surface area contributed by atoms with Gasteiger partial charge in [0, 0.05) is 12.5 Å². The monoisotopic (exact) mass is 304 g/mol. The zero-order valence-electron chi connectivity index (χ0n) is 13.0. The first-order valence-corrected chi connectivity index (χ1v) is 7.16. The number of anilines is 1.